The number of methoxy groups -OCH3 is 1. The number of carbonyl (C=O) groups is 1. The maximum Gasteiger partial charge on any atom is 0.337 e. The van der Waals surface area contributed by atoms with Crippen LogP contribution in [0.1, 0.15) is 42.1 Å². The Hall–Kier alpha value is -1.39. The lowest BCUT2D eigenvalue weighted by Gasteiger charge is -2.36. The lowest BCUT2D eigenvalue weighted by atomic mass is 10.0. The van der Waals surface area contributed by atoms with Gasteiger partial charge in [0.05, 0.1) is 12.7 Å². The summed E-state index contributed by atoms with van der Waals surface area (Å²) in [4.78, 5) is 14.0. The molecule has 1 heterocycles. The zero-order chi connectivity index (χ0) is 15.1. The van der Waals surface area contributed by atoms with Crippen LogP contribution < -0.4 is 5.32 Å². The maximum absolute atomic E-state index is 11.4. The topological polar surface area (TPSA) is 41.6 Å². The van der Waals surface area contributed by atoms with Crippen LogP contribution in [-0.2, 0) is 11.3 Å². The van der Waals surface area contributed by atoms with E-state index in [0.29, 0.717) is 11.6 Å². The summed E-state index contributed by atoms with van der Waals surface area (Å²) in [5, 5.41) is 3.49. The zero-order valence-corrected chi connectivity index (χ0v) is 13.1. The number of nitrogens with one attached hydrogen (secondary N) is 1. The highest BCUT2D eigenvalue weighted by Crippen LogP contribution is 2.15. The Morgan fingerprint density at radius 1 is 1.38 bits per heavy atom. The molecule has 1 unspecified atom stereocenters. The first kappa shape index (κ1) is 16.0. The normalized spacial score (nSPS) is 19.4. The van der Waals surface area contributed by atoms with Crippen molar-refractivity contribution in [3.05, 3.63) is 35.4 Å². The van der Waals surface area contributed by atoms with Crippen molar-refractivity contribution in [2.75, 3.05) is 26.7 Å². The number of hydrogen-bond acceptors (Lipinski definition) is 4. The Morgan fingerprint density at radius 3 is 2.81 bits per heavy atom. The molecule has 4 heteroatoms. The van der Waals surface area contributed by atoms with Crippen molar-refractivity contribution in [1.82, 2.24) is 10.2 Å². The van der Waals surface area contributed by atoms with Crippen molar-refractivity contribution >= 4 is 5.97 Å². The summed E-state index contributed by atoms with van der Waals surface area (Å²) in [5.74, 6) is -0.274. The van der Waals surface area contributed by atoms with Crippen LogP contribution in [0.3, 0.4) is 0 Å². The van der Waals surface area contributed by atoms with E-state index < -0.39 is 0 Å². The second-order valence-corrected chi connectivity index (χ2v) is 5.66. The molecule has 1 aliphatic rings. The molecular formula is C17H26N2O2. The number of rotatable bonds is 6. The van der Waals surface area contributed by atoms with Crippen molar-refractivity contribution in [1.29, 1.82) is 0 Å². The molecule has 0 radical (unpaired) electrons. The Morgan fingerprint density at radius 2 is 2.14 bits per heavy atom. The van der Waals surface area contributed by atoms with E-state index in [9.17, 15) is 4.79 Å². The fraction of sp³-hybridized carbons (Fsp3) is 0.588. The summed E-state index contributed by atoms with van der Waals surface area (Å²) in [5.41, 5.74) is 1.87. The van der Waals surface area contributed by atoms with Crippen LogP contribution in [0.5, 0.6) is 0 Å². The standard InChI is InChI=1S/C17H26N2O2/c1-3-4-5-16-12-18-10-11-19(16)13-14-6-8-15(9-7-14)17(20)21-2/h6-9,16,18H,3-5,10-13H2,1-2H3. The first-order valence-electron chi connectivity index (χ1n) is 7.86. The third-order valence-electron chi connectivity index (χ3n) is 4.12. The van der Waals surface area contributed by atoms with Crippen molar-refractivity contribution in [2.45, 2.75) is 38.8 Å². The SMILES string of the molecule is CCCCC1CNCCN1Cc1ccc(C(=O)OC)cc1. The molecule has 1 aliphatic heterocycles. The van der Waals surface area contributed by atoms with Gasteiger partial charge in [-0.25, -0.2) is 4.79 Å². The van der Waals surface area contributed by atoms with E-state index in [0.717, 1.165) is 26.2 Å². The van der Waals surface area contributed by atoms with E-state index in [4.69, 9.17) is 4.74 Å². The van der Waals surface area contributed by atoms with Crippen LogP contribution >= 0.6 is 0 Å². The molecule has 116 valence electrons. The van der Waals surface area contributed by atoms with E-state index >= 15 is 0 Å². The third-order valence-corrected chi connectivity index (χ3v) is 4.12. The number of benzene rings is 1. The van der Waals surface area contributed by atoms with Gasteiger partial charge in [0, 0.05) is 32.2 Å². The predicted molar refractivity (Wildman–Crippen MR) is 84.4 cm³/mol. The Kier molecular flexibility index (Phi) is 6.21. The molecule has 21 heavy (non-hydrogen) atoms. The minimum absolute atomic E-state index is 0.274. The van der Waals surface area contributed by atoms with Crippen molar-refractivity contribution < 1.29 is 9.53 Å². The molecule has 1 saturated heterocycles. The van der Waals surface area contributed by atoms with Crippen LogP contribution in [0.15, 0.2) is 24.3 Å². The number of esters is 1. The fourth-order valence-electron chi connectivity index (χ4n) is 2.83. The molecule has 1 aromatic carbocycles. The number of ether oxygens (including phenoxy) is 1. The average Bonchev–Trinajstić information content (AvgIpc) is 2.54. The zero-order valence-electron chi connectivity index (χ0n) is 13.1. The highest BCUT2D eigenvalue weighted by Gasteiger charge is 2.21. The molecule has 0 amide bonds. The molecule has 1 fully saturated rings. The van der Waals surface area contributed by atoms with Crippen LogP contribution in [0.2, 0.25) is 0 Å². The van der Waals surface area contributed by atoms with Crippen LogP contribution in [0.4, 0.5) is 0 Å². The minimum Gasteiger partial charge on any atom is -0.465 e. The van der Waals surface area contributed by atoms with Crippen LogP contribution in [0.25, 0.3) is 0 Å². The lowest BCUT2D eigenvalue weighted by Crippen LogP contribution is -2.50. The van der Waals surface area contributed by atoms with E-state index in [1.807, 2.05) is 24.3 Å². The third kappa shape index (κ3) is 4.55. The van der Waals surface area contributed by atoms with E-state index in [2.05, 4.69) is 17.1 Å². The fourth-order valence-corrected chi connectivity index (χ4v) is 2.83. The molecule has 0 aromatic heterocycles. The summed E-state index contributed by atoms with van der Waals surface area (Å²) < 4.78 is 4.73. The van der Waals surface area contributed by atoms with E-state index in [-0.39, 0.29) is 5.97 Å². The van der Waals surface area contributed by atoms with Gasteiger partial charge >= 0.3 is 5.97 Å². The summed E-state index contributed by atoms with van der Waals surface area (Å²) in [6.07, 6.45) is 3.78. The summed E-state index contributed by atoms with van der Waals surface area (Å²) in [6, 6.07) is 8.39. The first-order chi connectivity index (χ1) is 10.2. The molecule has 1 atom stereocenters. The number of hydrogen-bond donors (Lipinski definition) is 1. The number of nitrogens with zero attached hydrogens (tertiary/aromatic N) is 1. The Labute approximate surface area is 127 Å². The molecular weight excluding hydrogens is 264 g/mol. The molecule has 1 aromatic rings. The highest BCUT2D eigenvalue weighted by molar-refractivity contribution is 5.89. The second-order valence-electron chi connectivity index (χ2n) is 5.66. The molecule has 4 nitrogen and oxygen atoms in total. The van der Waals surface area contributed by atoms with E-state index in [1.165, 1.54) is 31.9 Å². The van der Waals surface area contributed by atoms with Gasteiger partial charge in [-0.1, -0.05) is 31.9 Å². The van der Waals surface area contributed by atoms with Gasteiger partial charge in [0.25, 0.3) is 0 Å². The van der Waals surface area contributed by atoms with Gasteiger partial charge in [-0.2, -0.15) is 0 Å². The summed E-state index contributed by atoms with van der Waals surface area (Å²) >= 11 is 0. The van der Waals surface area contributed by atoms with Crippen LogP contribution in [-0.4, -0.2) is 43.7 Å². The highest BCUT2D eigenvalue weighted by atomic mass is 16.5. The van der Waals surface area contributed by atoms with Gasteiger partial charge in [-0.05, 0) is 24.1 Å². The quantitative estimate of drug-likeness (QED) is 0.817. The second kappa shape index (κ2) is 8.15. The lowest BCUT2D eigenvalue weighted by molar-refractivity contribution is 0.0600. The smallest absolute Gasteiger partial charge is 0.337 e. The summed E-state index contributed by atoms with van der Waals surface area (Å²) in [7, 11) is 1.41. The number of unbranched alkanes of at least 4 members (excludes halogenated alkanes) is 1. The Bertz CT molecular complexity index is 445. The van der Waals surface area contributed by atoms with Crippen LogP contribution in [0, 0.1) is 0 Å². The Balaban J connectivity index is 1.96. The van der Waals surface area contributed by atoms with Gasteiger partial charge in [-0.3, -0.25) is 4.90 Å². The maximum atomic E-state index is 11.4. The van der Waals surface area contributed by atoms with Crippen molar-refractivity contribution in [3.8, 4) is 0 Å². The van der Waals surface area contributed by atoms with E-state index in [1.54, 1.807) is 0 Å². The van der Waals surface area contributed by atoms with Gasteiger partial charge in [0.1, 0.15) is 0 Å². The monoisotopic (exact) mass is 290 g/mol. The van der Waals surface area contributed by atoms with Crippen molar-refractivity contribution in [3.63, 3.8) is 0 Å². The van der Waals surface area contributed by atoms with Gasteiger partial charge in [-0.15, -0.1) is 0 Å². The van der Waals surface area contributed by atoms with Gasteiger partial charge < -0.3 is 10.1 Å². The number of carbonyl (C=O) groups excluding carboxylic acids is 1. The average molecular weight is 290 g/mol. The van der Waals surface area contributed by atoms with Crippen molar-refractivity contribution in [2.24, 2.45) is 0 Å². The molecule has 2 rings (SSSR count). The van der Waals surface area contributed by atoms with Gasteiger partial charge in [0.2, 0.25) is 0 Å². The molecule has 0 aliphatic carbocycles. The molecule has 1 N–H and O–H groups in total. The van der Waals surface area contributed by atoms with Gasteiger partial charge in [0.15, 0.2) is 0 Å². The minimum atomic E-state index is -0.274. The predicted octanol–water partition coefficient (Wildman–Crippen LogP) is 2.44. The number of piperazine rings is 1. The largest absolute Gasteiger partial charge is 0.465 e. The molecule has 0 saturated carbocycles. The molecule has 0 bridgehead atoms. The summed E-state index contributed by atoms with van der Waals surface area (Å²) in [6.45, 7) is 6.43. The molecule has 0 spiro atoms. The first-order valence-corrected chi connectivity index (χ1v) is 7.86.